The van der Waals surface area contributed by atoms with Crippen LogP contribution in [0.5, 0.6) is 5.75 Å². The molecule has 8 heteroatoms. The minimum absolute atomic E-state index is 0.208. The molecule has 3 aromatic rings. The Morgan fingerprint density at radius 2 is 1.79 bits per heavy atom. The lowest BCUT2D eigenvalue weighted by Gasteiger charge is -2.17. The molecule has 172 valence electrons. The van der Waals surface area contributed by atoms with Crippen LogP contribution in [0.15, 0.2) is 53.1 Å². The first-order valence-electron chi connectivity index (χ1n) is 11.0. The molecule has 0 spiro atoms. The van der Waals surface area contributed by atoms with Crippen LogP contribution >= 0.6 is 0 Å². The van der Waals surface area contributed by atoms with Crippen molar-refractivity contribution in [3.8, 4) is 5.75 Å². The van der Waals surface area contributed by atoms with Gasteiger partial charge < -0.3 is 24.2 Å². The maximum absolute atomic E-state index is 12.6. The van der Waals surface area contributed by atoms with Crippen LogP contribution in [0.4, 0.5) is 11.4 Å². The third-order valence-corrected chi connectivity index (χ3v) is 5.62. The van der Waals surface area contributed by atoms with Crippen LogP contribution < -0.4 is 15.0 Å². The van der Waals surface area contributed by atoms with Crippen LogP contribution in [0.25, 0.3) is 0 Å². The highest BCUT2D eigenvalue weighted by atomic mass is 16.5. The van der Waals surface area contributed by atoms with Gasteiger partial charge in [0.25, 0.3) is 5.91 Å². The summed E-state index contributed by atoms with van der Waals surface area (Å²) in [6, 6.07) is 14.4. The number of carbonyl (C=O) groups excluding carboxylic acids is 2. The Bertz CT molecular complexity index is 1100. The number of esters is 1. The van der Waals surface area contributed by atoms with Crippen molar-refractivity contribution in [2.75, 3.05) is 29.9 Å². The summed E-state index contributed by atoms with van der Waals surface area (Å²) in [5.41, 5.74) is 3.60. The van der Waals surface area contributed by atoms with E-state index in [4.69, 9.17) is 14.0 Å². The summed E-state index contributed by atoms with van der Waals surface area (Å²) in [7, 11) is 0. The molecular weight excluding hydrogens is 422 g/mol. The van der Waals surface area contributed by atoms with Gasteiger partial charge in [0.2, 0.25) is 0 Å². The van der Waals surface area contributed by atoms with Crippen LogP contribution in [-0.4, -0.2) is 36.7 Å². The Hall–Kier alpha value is -3.81. The fourth-order valence-electron chi connectivity index (χ4n) is 3.76. The number of nitrogens with one attached hydrogen (secondary N) is 1. The van der Waals surface area contributed by atoms with Gasteiger partial charge in [0.1, 0.15) is 23.7 Å². The normalized spacial score (nSPS) is 13.1. The lowest BCUT2D eigenvalue weighted by Crippen LogP contribution is -2.21. The summed E-state index contributed by atoms with van der Waals surface area (Å²) in [6.45, 7) is 5.56. The lowest BCUT2D eigenvalue weighted by molar-refractivity contribution is -0.119. The van der Waals surface area contributed by atoms with Crippen molar-refractivity contribution in [1.29, 1.82) is 0 Å². The predicted octanol–water partition coefficient (Wildman–Crippen LogP) is 4.27. The molecule has 1 aliphatic heterocycles. The molecule has 0 unspecified atom stereocenters. The van der Waals surface area contributed by atoms with Gasteiger partial charge in [-0.05, 0) is 63.1 Å². The molecule has 0 aliphatic carbocycles. The number of aromatic nitrogens is 1. The smallest absolute Gasteiger partial charge is 0.342 e. The van der Waals surface area contributed by atoms with Crippen molar-refractivity contribution >= 4 is 23.3 Å². The largest absolute Gasteiger partial charge is 0.488 e. The van der Waals surface area contributed by atoms with Gasteiger partial charge in [-0.15, -0.1) is 0 Å². The number of carbonyl (C=O) groups is 2. The highest BCUT2D eigenvalue weighted by Gasteiger charge is 2.17. The number of amides is 1. The SMILES string of the molecule is Cc1noc(C)c1COc1ccccc1C(=O)OCC(=O)Nc1ccc(N2CCCC2)cc1. The third kappa shape index (κ3) is 5.52. The van der Waals surface area contributed by atoms with Gasteiger partial charge in [-0.25, -0.2) is 4.79 Å². The molecule has 0 saturated carbocycles. The summed E-state index contributed by atoms with van der Waals surface area (Å²) >= 11 is 0. The quantitative estimate of drug-likeness (QED) is 0.513. The molecule has 0 radical (unpaired) electrons. The number of aryl methyl sites for hydroxylation is 2. The molecular formula is C25H27N3O5. The van der Waals surface area contributed by atoms with Crippen LogP contribution in [0.2, 0.25) is 0 Å². The molecule has 2 aromatic carbocycles. The number of hydrogen-bond acceptors (Lipinski definition) is 7. The van der Waals surface area contributed by atoms with E-state index in [2.05, 4.69) is 15.4 Å². The van der Waals surface area contributed by atoms with Crippen molar-refractivity contribution in [2.45, 2.75) is 33.3 Å². The van der Waals surface area contributed by atoms with E-state index in [1.807, 2.05) is 31.2 Å². The van der Waals surface area contributed by atoms with E-state index in [1.54, 1.807) is 31.2 Å². The van der Waals surface area contributed by atoms with Gasteiger partial charge in [-0.2, -0.15) is 0 Å². The van der Waals surface area contributed by atoms with Crippen LogP contribution in [-0.2, 0) is 16.1 Å². The molecule has 0 atom stereocenters. The summed E-state index contributed by atoms with van der Waals surface area (Å²) in [5, 5.41) is 6.65. The zero-order chi connectivity index (χ0) is 23.2. The average Bonchev–Trinajstić information content (AvgIpc) is 3.47. The molecule has 1 fully saturated rings. The fourth-order valence-corrected chi connectivity index (χ4v) is 3.76. The highest BCUT2D eigenvalue weighted by Crippen LogP contribution is 2.23. The van der Waals surface area contributed by atoms with Gasteiger partial charge in [0.05, 0.1) is 11.3 Å². The first-order valence-corrected chi connectivity index (χ1v) is 11.0. The zero-order valence-electron chi connectivity index (χ0n) is 18.8. The van der Waals surface area contributed by atoms with E-state index in [-0.39, 0.29) is 12.2 Å². The Kier molecular flexibility index (Phi) is 6.92. The molecule has 1 aromatic heterocycles. The Morgan fingerprint density at radius 3 is 2.48 bits per heavy atom. The predicted molar refractivity (Wildman–Crippen MR) is 124 cm³/mol. The minimum atomic E-state index is -0.635. The molecule has 33 heavy (non-hydrogen) atoms. The molecule has 1 saturated heterocycles. The van der Waals surface area contributed by atoms with Crippen LogP contribution in [0, 0.1) is 13.8 Å². The van der Waals surface area contributed by atoms with Crippen LogP contribution in [0.1, 0.15) is 40.2 Å². The van der Waals surface area contributed by atoms with Gasteiger partial charge >= 0.3 is 5.97 Å². The maximum Gasteiger partial charge on any atom is 0.342 e. The monoisotopic (exact) mass is 449 g/mol. The van der Waals surface area contributed by atoms with E-state index < -0.39 is 18.5 Å². The maximum atomic E-state index is 12.6. The first-order chi connectivity index (χ1) is 16.0. The van der Waals surface area contributed by atoms with Crippen molar-refractivity contribution in [2.24, 2.45) is 0 Å². The topological polar surface area (TPSA) is 93.9 Å². The van der Waals surface area contributed by atoms with Gasteiger partial charge in [-0.3, -0.25) is 4.79 Å². The van der Waals surface area contributed by atoms with Gasteiger partial charge in [0.15, 0.2) is 6.61 Å². The number of hydrogen-bond donors (Lipinski definition) is 1. The number of para-hydroxylation sites is 1. The standard InChI is InChI=1S/C25H27N3O5/c1-17-22(18(2)33-27-17)15-31-23-8-4-3-7-21(23)25(30)32-16-24(29)26-19-9-11-20(12-10-19)28-13-5-6-14-28/h3-4,7-12H,5-6,13-16H2,1-2H3,(H,26,29). The van der Waals surface area contributed by atoms with Crippen molar-refractivity contribution < 1.29 is 23.6 Å². The molecule has 0 bridgehead atoms. The second-order valence-corrected chi connectivity index (χ2v) is 7.95. The van der Waals surface area contributed by atoms with E-state index in [1.165, 1.54) is 12.8 Å². The van der Waals surface area contributed by atoms with Gasteiger partial charge in [0, 0.05) is 24.5 Å². The number of ether oxygens (including phenoxy) is 2. The number of rotatable bonds is 8. The number of benzene rings is 2. The molecule has 1 N–H and O–H groups in total. The van der Waals surface area contributed by atoms with E-state index >= 15 is 0 Å². The van der Waals surface area contributed by atoms with E-state index in [9.17, 15) is 9.59 Å². The Morgan fingerprint density at radius 1 is 1.06 bits per heavy atom. The molecule has 1 aliphatic rings. The summed E-state index contributed by atoms with van der Waals surface area (Å²) in [5.74, 6) is -0.0200. The second-order valence-electron chi connectivity index (χ2n) is 7.95. The molecule has 4 rings (SSSR count). The molecule has 2 heterocycles. The Labute approximate surface area is 192 Å². The van der Waals surface area contributed by atoms with Crippen LogP contribution in [0.3, 0.4) is 0 Å². The molecule has 1 amide bonds. The lowest BCUT2D eigenvalue weighted by atomic mass is 10.2. The number of anilines is 2. The summed E-state index contributed by atoms with van der Waals surface area (Å²) in [4.78, 5) is 27.2. The first kappa shape index (κ1) is 22.4. The second kappa shape index (κ2) is 10.2. The average molecular weight is 450 g/mol. The van der Waals surface area contributed by atoms with Crippen molar-refractivity contribution in [3.63, 3.8) is 0 Å². The van der Waals surface area contributed by atoms with E-state index in [0.717, 1.165) is 30.0 Å². The zero-order valence-corrected chi connectivity index (χ0v) is 18.8. The minimum Gasteiger partial charge on any atom is -0.488 e. The highest BCUT2D eigenvalue weighted by molar-refractivity contribution is 5.96. The number of nitrogens with zero attached hydrogens (tertiary/aromatic N) is 2. The summed E-state index contributed by atoms with van der Waals surface area (Å²) in [6.07, 6.45) is 2.41. The summed E-state index contributed by atoms with van der Waals surface area (Å²) < 4.78 is 16.2. The van der Waals surface area contributed by atoms with E-state index in [0.29, 0.717) is 17.2 Å². The molecule has 8 nitrogen and oxygen atoms in total. The third-order valence-electron chi connectivity index (χ3n) is 5.62. The van der Waals surface area contributed by atoms with Gasteiger partial charge in [-0.1, -0.05) is 17.3 Å². The van der Waals surface area contributed by atoms with Crippen molar-refractivity contribution in [1.82, 2.24) is 5.16 Å². The Balaban J connectivity index is 1.30. The fraction of sp³-hybridized carbons (Fsp3) is 0.320. The van der Waals surface area contributed by atoms with Crippen molar-refractivity contribution in [3.05, 3.63) is 71.1 Å².